The van der Waals surface area contributed by atoms with Gasteiger partial charge in [-0.05, 0) is 62.4 Å². The summed E-state index contributed by atoms with van der Waals surface area (Å²) in [7, 11) is 0. The molecule has 0 unspecified atom stereocenters. The Labute approximate surface area is 198 Å². The molecule has 2 atom stereocenters. The highest BCUT2D eigenvalue weighted by Gasteiger charge is 2.34. The summed E-state index contributed by atoms with van der Waals surface area (Å²) in [6.07, 6.45) is 6.14. The van der Waals surface area contributed by atoms with Crippen molar-refractivity contribution in [2.45, 2.75) is 39.7 Å². The summed E-state index contributed by atoms with van der Waals surface area (Å²) in [5, 5.41) is 2.53. The van der Waals surface area contributed by atoms with Crippen molar-refractivity contribution in [3.8, 4) is 0 Å². The normalized spacial score (nSPS) is 19.0. The summed E-state index contributed by atoms with van der Waals surface area (Å²) in [5.74, 6) is -1.83. The van der Waals surface area contributed by atoms with E-state index in [1.807, 2.05) is 31.2 Å². The summed E-state index contributed by atoms with van der Waals surface area (Å²) in [6, 6.07) is 8.81. The first-order chi connectivity index (χ1) is 16.1. The Morgan fingerprint density at radius 3 is 2.47 bits per heavy atom. The second-order valence-electron chi connectivity index (χ2n) is 8.67. The van der Waals surface area contributed by atoms with Gasteiger partial charge in [-0.2, -0.15) is 0 Å². The number of piperidine rings is 1. The van der Waals surface area contributed by atoms with Gasteiger partial charge in [0, 0.05) is 24.2 Å². The molecule has 3 rings (SSSR count). The third-order valence-corrected chi connectivity index (χ3v) is 5.57. The molecule has 5 N–H and O–H groups in total. The third kappa shape index (κ3) is 6.28. The van der Waals surface area contributed by atoms with Gasteiger partial charge >= 0.3 is 11.8 Å². The van der Waals surface area contributed by atoms with E-state index in [9.17, 15) is 14.4 Å². The quantitative estimate of drug-likeness (QED) is 0.462. The van der Waals surface area contributed by atoms with E-state index in [1.54, 1.807) is 17.9 Å². The van der Waals surface area contributed by atoms with Crippen LogP contribution in [0, 0.1) is 5.92 Å². The number of rotatable bonds is 5. The van der Waals surface area contributed by atoms with Gasteiger partial charge in [0.25, 0.3) is 0 Å². The van der Waals surface area contributed by atoms with Crippen LogP contribution in [0.5, 0.6) is 0 Å². The lowest BCUT2D eigenvalue weighted by Crippen LogP contribution is -2.46. The molecule has 1 fully saturated rings. The second-order valence-corrected chi connectivity index (χ2v) is 8.67. The number of primary amides is 1. The molecule has 1 aliphatic heterocycles. The van der Waals surface area contributed by atoms with Gasteiger partial charge in [-0.3, -0.25) is 24.4 Å². The van der Waals surface area contributed by atoms with Crippen molar-refractivity contribution in [3.63, 3.8) is 0 Å². The van der Waals surface area contributed by atoms with Crippen LogP contribution in [0.15, 0.2) is 59.5 Å². The molecule has 0 spiro atoms. The molecule has 0 saturated carbocycles. The number of hydrogen-bond donors (Lipinski definition) is 3. The van der Waals surface area contributed by atoms with Gasteiger partial charge < -0.3 is 21.7 Å². The number of aromatic nitrogens is 1. The van der Waals surface area contributed by atoms with Crippen molar-refractivity contribution >= 4 is 34.8 Å². The Kier molecular flexibility index (Phi) is 7.78. The predicted octanol–water partition coefficient (Wildman–Crippen LogP) is 3.07. The first kappa shape index (κ1) is 24.6. The van der Waals surface area contributed by atoms with Gasteiger partial charge in [-0.25, -0.2) is 0 Å². The van der Waals surface area contributed by atoms with E-state index in [4.69, 9.17) is 11.5 Å². The summed E-state index contributed by atoms with van der Waals surface area (Å²) in [6.45, 7) is 6.21. The maximum absolute atomic E-state index is 13.1. The number of aliphatic imine (C=N–C) groups is 1. The van der Waals surface area contributed by atoms with Gasteiger partial charge in [0.15, 0.2) is 0 Å². The van der Waals surface area contributed by atoms with Crippen LogP contribution in [0.4, 0.5) is 11.4 Å². The summed E-state index contributed by atoms with van der Waals surface area (Å²) >= 11 is 0. The number of hydrogen-bond acceptors (Lipinski definition) is 6. The molecule has 34 heavy (non-hydrogen) atoms. The second kappa shape index (κ2) is 10.7. The highest BCUT2D eigenvalue weighted by Crippen LogP contribution is 2.34. The Bertz CT molecular complexity index is 1140. The summed E-state index contributed by atoms with van der Waals surface area (Å²) < 4.78 is 0. The molecule has 0 radical (unpaired) electrons. The number of amides is 3. The highest BCUT2D eigenvalue weighted by molar-refractivity contribution is 6.39. The first-order valence-electron chi connectivity index (χ1n) is 11.1. The number of likely N-dealkylation sites (tertiary alicyclic amines) is 1. The van der Waals surface area contributed by atoms with Crippen molar-refractivity contribution < 1.29 is 14.4 Å². The van der Waals surface area contributed by atoms with Gasteiger partial charge in [-0.1, -0.05) is 19.1 Å². The molecule has 178 valence electrons. The molecule has 1 aromatic heterocycles. The molecule has 0 bridgehead atoms. The number of carbonyl (C=O) groups excluding carboxylic acids is 3. The van der Waals surface area contributed by atoms with E-state index in [1.165, 1.54) is 18.5 Å². The molecule has 1 aliphatic rings. The third-order valence-electron chi connectivity index (χ3n) is 5.57. The van der Waals surface area contributed by atoms with E-state index in [0.29, 0.717) is 12.2 Å². The number of anilines is 1. The minimum absolute atomic E-state index is 0.143. The molecular formula is C25H30N6O3. The molecule has 2 aromatic rings. The van der Waals surface area contributed by atoms with Crippen LogP contribution in [-0.4, -0.2) is 39.9 Å². The van der Waals surface area contributed by atoms with Gasteiger partial charge in [0.05, 0.1) is 29.2 Å². The SMILES string of the molecule is CC(N)=CC(C)=Nc1ccc([C@@H]2CC[C@@H](C)CN2C(=O)C(=O)Nc2cncc(C(N)=O)c2)cc1. The molecule has 2 heterocycles. The standard InChI is InChI=1S/C25H30N6O3/c1-15-4-9-22(18-5-7-20(8-6-18)29-17(3)10-16(2)26)31(14-15)25(34)24(33)30-21-11-19(23(27)32)12-28-13-21/h5-8,10-13,15,22H,4,9,14,26H2,1-3H3,(H2,27,32)(H,30,33)/t15-,22+/m1/s1. The van der Waals surface area contributed by atoms with E-state index in [-0.39, 0.29) is 23.2 Å². The lowest BCUT2D eigenvalue weighted by atomic mass is 9.89. The number of benzene rings is 1. The molecule has 1 aromatic carbocycles. The first-order valence-corrected chi connectivity index (χ1v) is 11.1. The number of carbonyl (C=O) groups is 3. The average molecular weight is 463 g/mol. The van der Waals surface area contributed by atoms with Gasteiger partial charge in [0.2, 0.25) is 5.91 Å². The molecule has 3 amide bonds. The van der Waals surface area contributed by atoms with Crippen LogP contribution in [0.2, 0.25) is 0 Å². The van der Waals surface area contributed by atoms with Crippen molar-refractivity contribution in [1.82, 2.24) is 9.88 Å². The summed E-state index contributed by atoms with van der Waals surface area (Å²) in [4.78, 5) is 47.3. The Morgan fingerprint density at radius 2 is 1.82 bits per heavy atom. The van der Waals surface area contributed by atoms with Crippen LogP contribution in [0.25, 0.3) is 0 Å². The molecular weight excluding hydrogens is 432 g/mol. The Hall–Kier alpha value is -4.01. The zero-order valence-corrected chi connectivity index (χ0v) is 19.6. The number of allylic oxidation sites excluding steroid dienone is 2. The minimum atomic E-state index is -0.789. The van der Waals surface area contributed by atoms with E-state index in [0.717, 1.165) is 29.8 Å². The molecule has 1 saturated heterocycles. The van der Waals surface area contributed by atoms with Crippen LogP contribution in [-0.2, 0) is 9.59 Å². The lowest BCUT2D eigenvalue weighted by Gasteiger charge is -2.38. The lowest BCUT2D eigenvalue weighted by molar-refractivity contribution is -0.146. The molecule has 0 aliphatic carbocycles. The van der Waals surface area contributed by atoms with E-state index < -0.39 is 17.7 Å². The van der Waals surface area contributed by atoms with Crippen molar-refractivity contribution in [2.24, 2.45) is 22.4 Å². The smallest absolute Gasteiger partial charge is 0.313 e. The fourth-order valence-electron chi connectivity index (χ4n) is 4.02. The van der Waals surface area contributed by atoms with Crippen LogP contribution in [0.3, 0.4) is 0 Å². The minimum Gasteiger partial charge on any atom is -0.402 e. The zero-order valence-electron chi connectivity index (χ0n) is 19.6. The Morgan fingerprint density at radius 1 is 1.12 bits per heavy atom. The highest BCUT2D eigenvalue weighted by atomic mass is 16.2. The molecule has 9 heteroatoms. The van der Waals surface area contributed by atoms with Crippen molar-refractivity contribution in [3.05, 3.63) is 65.6 Å². The fourth-order valence-corrected chi connectivity index (χ4v) is 4.02. The maximum atomic E-state index is 13.1. The maximum Gasteiger partial charge on any atom is 0.313 e. The van der Waals surface area contributed by atoms with Crippen molar-refractivity contribution in [2.75, 3.05) is 11.9 Å². The number of pyridine rings is 1. The van der Waals surface area contributed by atoms with E-state index in [2.05, 4.69) is 22.2 Å². The van der Waals surface area contributed by atoms with Crippen LogP contribution >= 0.6 is 0 Å². The predicted molar refractivity (Wildman–Crippen MR) is 131 cm³/mol. The fraction of sp³-hybridized carbons (Fsp3) is 0.320. The van der Waals surface area contributed by atoms with Crippen LogP contribution < -0.4 is 16.8 Å². The number of nitrogens with zero attached hydrogens (tertiary/aromatic N) is 3. The molecule has 9 nitrogen and oxygen atoms in total. The average Bonchev–Trinajstić information content (AvgIpc) is 2.78. The zero-order chi connectivity index (χ0) is 24.8. The monoisotopic (exact) mass is 462 g/mol. The summed E-state index contributed by atoms with van der Waals surface area (Å²) in [5.41, 5.74) is 14.5. The largest absolute Gasteiger partial charge is 0.402 e. The Balaban J connectivity index is 1.78. The topological polar surface area (TPSA) is 144 Å². The van der Waals surface area contributed by atoms with Gasteiger partial charge in [-0.15, -0.1) is 0 Å². The number of nitrogens with two attached hydrogens (primary N) is 2. The number of nitrogens with one attached hydrogen (secondary N) is 1. The van der Waals surface area contributed by atoms with Crippen LogP contribution in [0.1, 0.15) is 55.6 Å². The van der Waals surface area contributed by atoms with E-state index >= 15 is 0 Å². The van der Waals surface area contributed by atoms with Crippen molar-refractivity contribution in [1.29, 1.82) is 0 Å². The van der Waals surface area contributed by atoms with Gasteiger partial charge in [0.1, 0.15) is 0 Å².